The maximum absolute atomic E-state index is 4.37. The number of aryl methyl sites for hydroxylation is 1. The van der Waals surface area contributed by atoms with Crippen molar-refractivity contribution in [2.45, 2.75) is 77.4 Å². The van der Waals surface area contributed by atoms with E-state index < -0.39 is 0 Å². The summed E-state index contributed by atoms with van der Waals surface area (Å²) in [7, 11) is 0. The van der Waals surface area contributed by atoms with E-state index in [0.717, 1.165) is 31.3 Å². The third kappa shape index (κ3) is 2.99. The topological polar surface area (TPSA) is 42.7 Å². The first-order chi connectivity index (χ1) is 9.36. The summed E-state index contributed by atoms with van der Waals surface area (Å²) in [5.41, 5.74) is 0. The smallest absolute Gasteiger partial charge is 0.147 e. The Bertz CT molecular complexity index is 412. The first kappa shape index (κ1) is 13.1. The Balaban J connectivity index is 1.56. The number of hydrogen-bond acceptors (Lipinski definition) is 3. The standard InChI is InChI=1S/C15H26N4/c1-2-12-6-5-7-13(10-12)16-11-15-18-17-14-8-3-4-9-19(14)15/h12-13,16H,2-11H2,1H3. The van der Waals surface area contributed by atoms with Crippen molar-refractivity contribution in [2.75, 3.05) is 0 Å². The zero-order valence-corrected chi connectivity index (χ0v) is 12.1. The van der Waals surface area contributed by atoms with Gasteiger partial charge in [0.25, 0.3) is 0 Å². The van der Waals surface area contributed by atoms with E-state index in [1.807, 2.05) is 0 Å². The lowest BCUT2D eigenvalue weighted by Crippen LogP contribution is -2.34. The molecule has 0 radical (unpaired) electrons. The summed E-state index contributed by atoms with van der Waals surface area (Å²) in [4.78, 5) is 0. The van der Waals surface area contributed by atoms with E-state index in [1.165, 1.54) is 50.8 Å². The summed E-state index contributed by atoms with van der Waals surface area (Å²) in [6.45, 7) is 4.33. The van der Waals surface area contributed by atoms with E-state index in [4.69, 9.17) is 0 Å². The van der Waals surface area contributed by atoms with Crippen LogP contribution < -0.4 is 5.32 Å². The van der Waals surface area contributed by atoms with Crippen molar-refractivity contribution >= 4 is 0 Å². The van der Waals surface area contributed by atoms with Gasteiger partial charge in [0.2, 0.25) is 0 Å². The van der Waals surface area contributed by atoms with Crippen molar-refractivity contribution < 1.29 is 0 Å². The molecule has 0 bridgehead atoms. The van der Waals surface area contributed by atoms with Crippen LogP contribution in [0.1, 0.15) is 63.5 Å². The maximum atomic E-state index is 4.37. The van der Waals surface area contributed by atoms with Crippen LogP contribution in [0.3, 0.4) is 0 Å². The number of nitrogens with one attached hydrogen (secondary N) is 1. The molecule has 0 saturated heterocycles. The highest BCUT2D eigenvalue weighted by molar-refractivity contribution is 4.99. The quantitative estimate of drug-likeness (QED) is 0.907. The van der Waals surface area contributed by atoms with Gasteiger partial charge in [0.1, 0.15) is 11.6 Å². The van der Waals surface area contributed by atoms with Gasteiger partial charge in [0, 0.05) is 19.0 Å². The fraction of sp³-hybridized carbons (Fsp3) is 0.867. The van der Waals surface area contributed by atoms with Crippen LogP contribution in [0.25, 0.3) is 0 Å². The van der Waals surface area contributed by atoms with Crippen molar-refractivity contribution in [1.29, 1.82) is 0 Å². The van der Waals surface area contributed by atoms with Crippen LogP contribution in [-0.4, -0.2) is 20.8 Å². The van der Waals surface area contributed by atoms with Crippen molar-refractivity contribution in [1.82, 2.24) is 20.1 Å². The Hall–Kier alpha value is -0.900. The van der Waals surface area contributed by atoms with Gasteiger partial charge >= 0.3 is 0 Å². The molecule has 19 heavy (non-hydrogen) atoms. The summed E-state index contributed by atoms with van der Waals surface area (Å²) < 4.78 is 2.33. The largest absolute Gasteiger partial charge is 0.314 e. The molecule has 0 spiro atoms. The van der Waals surface area contributed by atoms with Crippen LogP contribution in [0.2, 0.25) is 0 Å². The van der Waals surface area contributed by atoms with Crippen molar-refractivity contribution in [3.05, 3.63) is 11.6 Å². The first-order valence-corrected chi connectivity index (χ1v) is 8.01. The van der Waals surface area contributed by atoms with E-state index in [-0.39, 0.29) is 0 Å². The third-order valence-corrected chi connectivity index (χ3v) is 4.85. The fourth-order valence-corrected chi connectivity index (χ4v) is 3.58. The zero-order valence-electron chi connectivity index (χ0n) is 12.1. The molecule has 1 aliphatic heterocycles. The molecule has 2 aliphatic rings. The van der Waals surface area contributed by atoms with E-state index in [2.05, 4.69) is 27.0 Å². The molecular formula is C15H26N4. The second kappa shape index (κ2) is 6.04. The van der Waals surface area contributed by atoms with Crippen molar-refractivity contribution in [3.8, 4) is 0 Å². The molecule has 4 nitrogen and oxygen atoms in total. The predicted octanol–water partition coefficient (Wildman–Crippen LogP) is 2.67. The number of rotatable bonds is 4. The van der Waals surface area contributed by atoms with Gasteiger partial charge in [0.15, 0.2) is 0 Å². The van der Waals surface area contributed by atoms with E-state index in [1.54, 1.807) is 0 Å². The van der Waals surface area contributed by atoms with Crippen LogP contribution in [0, 0.1) is 5.92 Å². The number of fused-ring (bicyclic) bond motifs is 1. The van der Waals surface area contributed by atoms with Gasteiger partial charge in [-0.3, -0.25) is 0 Å². The van der Waals surface area contributed by atoms with Crippen molar-refractivity contribution in [2.24, 2.45) is 5.92 Å². The monoisotopic (exact) mass is 262 g/mol. The summed E-state index contributed by atoms with van der Waals surface area (Å²) in [5.74, 6) is 3.27. The van der Waals surface area contributed by atoms with Crippen LogP contribution in [0.15, 0.2) is 0 Å². The predicted molar refractivity (Wildman–Crippen MR) is 75.8 cm³/mol. The molecule has 2 unspecified atom stereocenters. The molecule has 106 valence electrons. The Morgan fingerprint density at radius 1 is 1.21 bits per heavy atom. The van der Waals surface area contributed by atoms with Gasteiger partial charge in [0.05, 0.1) is 6.54 Å². The number of aromatic nitrogens is 3. The molecule has 1 aliphatic carbocycles. The molecular weight excluding hydrogens is 236 g/mol. The third-order valence-electron chi connectivity index (χ3n) is 4.85. The van der Waals surface area contributed by atoms with Gasteiger partial charge < -0.3 is 9.88 Å². The van der Waals surface area contributed by atoms with Crippen LogP contribution in [-0.2, 0) is 19.5 Å². The highest BCUT2D eigenvalue weighted by Crippen LogP contribution is 2.26. The second-order valence-corrected chi connectivity index (χ2v) is 6.16. The van der Waals surface area contributed by atoms with Gasteiger partial charge in [-0.15, -0.1) is 10.2 Å². The molecule has 2 heterocycles. The Morgan fingerprint density at radius 3 is 3.05 bits per heavy atom. The van der Waals surface area contributed by atoms with E-state index in [9.17, 15) is 0 Å². The minimum Gasteiger partial charge on any atom is -0.314 e. The Kier molecular flexibility index (Phi) is 4.16. The normalized spacial score (nSPS) is 27.2. The molecule has 0 amide bonds. The fourth-order valence-electron chi connectivity index (χ4n) is 3.58. The molecule has 1 aromatic rings. The summed E-state index contributed by atoms with van der Waals surface area (Å²) in [6, 6.07) is 0.690. The molecule has 1 N–H and O–H groups in total. The minimum absolute atomic E-state index is 0.690. The van der Waals surface area contributed by atoms with Crippen LogP contribution in [0.5, 0.6) is 0 Å². The van der Waals surface area contributed by atoms with Gasteiger partial charge in [-0.1, -0.05) is 26.2 Å². The lowest BCUT2D eigenvalue weighted by molar-refractivity contribution is 0.276. The Labute approximate surface area is 116 Å². The van der Waals surface area contributed by atoms with E-state index >= 15 is 0 Å². The van der Waals surface area contributed by atoms with Gasteiger partial charge in [-0.2, -0.15) is 0 Å². The lowest BCUT2D eigenvalue weighted by atomic mass is 9.84. The Morgan fingerprint density at radius 2 is 2.16 bits per heavy atom. The SMILES string of the molecule is CCC1CCCC(NCc2nnc3n2CCCC3)C1. The second-order valence-electron chi connectivity index (χ2n) is 6.16. The maximum Gasteiger partial charge on any atom is 0.147 e. The highest BCUT2D eigenvalue weighted by atomic mass is 15.3. The first-order valence-electron chi connectivity index (χ1n) is 8.01. The summed E-state index contributed by atoms with van der Waals surface area (Å²) >= 11 is 0. The summed E-state index contributed by atoms with van der Waals surface area (Å²) in [6.07, 6.45) is 10.5. The molecule has 4 heteroatoms. The minimum atomic E-state index is 0.690. The lowest BCUT2D eigenvalue weighted by Gasteiger charge is -2.29. The van der Waals surface area contributed by atoms with Crippen LogP contribution in [0.4, 0.5) is 0 Å². The molecule has 3 rings (SSSR count). The molecule has 2 atom stereocenters. The molecule has 1 fully saturated rings. The van der Waals surface area contributed by atoms with Gasteiger partial charge in [-0.25, -0.2) is 0 Å². The zero-order chi connectivity index (χ0) is 13.1. The van der Waals surface area contributed by atoms with E-state index in [0.29, 0.717) is 6.04 Å². The molecule has 1 saturated carbocycles. The average molecular weight is 262 g/mol. The molecule has 0 aromatic carbocycles. The number of hydrogen-bond donors (Lipinski definition) is 1. The highest BCUT2D eigenvalue weighted by Gasteiger charge is 2.21. The van der Waals surface area contributed by atoms with Crippen molar-refractivity contribution in [3.63, 3.8) is 0 Å². The number of nitrogens with zero attached hydrogens (tertiary/aromatic N) is 3. The van der Waals surface area contributed by atoms with Gasteiger partial charge in [-0.05, 0) is 31.6 Å². The average Bonchev–Trinajstić information content (AvgIpc) is 2.89. The molecule has 1 aromatic heterocycles. The van der Waals surface area contributed by atoms with Crippen LogP contribution >= 0.6 is 0 Å². The summed E-state index contributed by atoms with van der Waals surface area (Å²) in [5, 5.41) is 12.4.